The number of hydrogen-bond donors (Lipinski definition) is 1. The topological polar surface area (TPSA) is 24.4 Å². The molecular formula is C16H32N2S. The lowest BCUT2D eigenvalue weighted by Gasteiger charge is -2.12. The van der Waals surface area contributed by atoms with E-state index in [1.165, 1.54) is 81.5 Å². The first-order chi connectivity index (χ1) is 9.43. The first kappa shape index (κ1) is 16.9. The van der Waals surface area contributed by atoms with Crippen molar-refractivity contribution in [3.63, 3.8) is 0 Å². The lowest BCUT2D eigenvalue weighted by molar-refractivity contribution is 0.555. The van der Waals surface area contributed by atoms with Crippen LogP contribution >= 0.6 is 11.8 Å². The zero-order valence-electron chi connectivity index (χ0n) is 12.8. The van der Waals surface area contributed by atoms with Crippen LogP contribution in [0.1, 0.15) is 77.6 Å². The van der Waals surface area contributed by atoms with Gasteiger partial charge >= 0.3 is 0 Å². The van der Waals surface area contributed by atoms with Crippen molar-refractivity contribution in [3.05, 3.63) is 0 Å². The molecule has 19 heavy (non-hydrogen) atoms. The van der Waals surface area contributed by atoms with Crippen LogP contribution in [0.4, 0.5) is 0 Å². The molecule has 0 saturated heterocycles. The zero-order chi connectivity index (χ0) is 13.6. The molecule has 3 heteroatoms. The summed E-state index contributed by atoms with van der Waals surface area (Å²) >= 11 is 1.88. The summed E-state index contributed by atoms with van der Waals surface area (Å²) in [5.74, 6) is 1.24. The largest absolute Gasteiger partial charge is 0.365 e. The molecular weight excluding hydrogens is 252 g/mol. The van der Waals surface area contributed by atoms with Gasteiger partial charge in [-0.25, -0.2) is 0 Å². The third-order valence-corrected chi connectivity index (χ3v) is 4.64. The highest BCUT2D eigenvalue weighted by Crippen LogP contribution is 2.11. The number of rotatable bonds is 11. The summed E-state index contributed by atoms with van der Waals surface area (Å²) in [6.45, 7) is 4.42. The number of nitrogens with zero attached hydrogens (tertiary/aromatic N) is 1. The van der Waals surface area contributed by atoms with E-state index in [9.17, 15) is 0 Å². The fraction of sp³-hybridized carbons (Fsp3) is 0.938. The highest BCUT2D eigenvalue weighted by Gasteiger charge is 2.03. The first-order valence-corrected chi connectivity index (χ1v) is 9.33. The van der Waals surface area contributed by atoms with Crippen molar-refractivity contribution in [1.82, 2.24) is 5.32 Å². The molecule has 0 aromatic rings. The Morgan fingerprint density at radius 3 is 2.16 bits per heavy atom. The van der Waals surface area contributed by atoms with Gasteiger partial charge in [0.15, 0.2) is 5.17 Å². The second-order valence-electron chi connectivity index (χ2n) is 5.50. The molecule has 0 radical (unpaired) electrons. The van der Waals surface area contributed by atoms with Crippen molar-refractivity contribution in [3.8, 4) is 0 Å². The summed E-state index contributed by atoms with van der Waals surface area (Å²) in [5, 5.41) is 4.64. The quantitative estimate of drug-likeness (QED) is 0.541. The van der Waals surface area contributed by atoms with Crippen molar-refractivity contribution in [2.75, 3.05) is 18.8 Å². The van der Waals surface area contributed by atoms with E-state index in [0.717, 1.165) is 13.1 Å². The van der Waals surface area contributed by atoms with Crippen molar-refractivity contribution < 1.29 is 0 Å². The first-order valence-electron chi connectivity index (χ1n) is 8.34. The van der Waals surface area contributed by atoms with Gasteiger partial charge in [0.1, 0.15) is 0 Å². The van der Waals surface area contributed by atoms with Gasteiger partial charge in [-0.3, -0.25) is 4.99 Å². The fourth-order valence-electron chi connectivity index (χ4n) is 2.37. The summed E-state index contributed by atoms with van der Waals surface area (Å²) in [7, 11) is 0. The maximum absolute atomic E-state index is 4.48. The molecule has 1 rings (SSSR count). The highest BCUT2D eigenvalue weighted by molar-refractivity contribution is 8.13. The SMILES string of the molecule is CCCCCCCCCCCCNC1=NCCCS1. The summed E-state index contributed by atoms with van der Waals surface area (Å²) in [4.78, 5) is 4.48. The van der Waals surface area contributed by atoms with Gasteiger partial charge in [0.25, 0.3) is 0 Å². The average Bonchev–Trinajstić information content (AvgIpc) is 2.46. The number of thioether (sulfide) groups is 1. The molecule has 2 nitrogen and oxygen atoms in total. The van der Waals surface area contributed by atoms with Gasteiger partial charge < -0.3 is 5.32 Å². The summed E-state index contributed by atoms with van der Waals surface area (Å²) < 4.78 is 0. The van der Waals surface area contributed by atoms with Crippen LogP contribution in [-0.4, -0.2) is 24.0 Å². The van der Waals surface area contributed by atoms with Crippen molar-refractivity contribution >= 4 is 16.9 Å². The van der Waals surface area contributed by atoms with Crippen molar-refractivity contribution in [2.24, 2.45) is 4.99 Å². The molecule has 0 saturated carbocycles. The van der Waals surface area contributed by atoms with Crippen molar-refractivity contribution in [1.29, 1.82) is 0 Å². The Hall–Kier alpha value is -0.180. The maximum atomic E-state index is 4.48. The summed E-state index contributed by atoms with van der Waals surface area (Å²) in [6, 6.07) is 0. The van der Waals surface area contributed by atoms with Gasteiger partial charge in [0.05, 0.1) is 0 Å². The maximum Gasteiger partial charge on any atom is 0.156 e. The summed E-state index contributed by atoms with van der Waals surface area (Å²) in [6.07, 6.45) is 15.3. The van der Waals surface area contributed by atoms with E-state index in [4.69, 9.17) is 0 Å². The molecule has 1 aliphatic heterocycles. The molecule has 0 unspecified atom stereocenters. The van der Waals surface area contributed by atoms with Crippen LogP contribution in [0.5, 0.6) is 0 Å². The van der Waals surface area contributed by atoms with Crippen molar-refractivity contribution in [2.45, 2.75) is 77.6 Å². The third-order valence-electron chi connectivity index (χ3n) is 3.60. The molecule has 1 aliphatic rings. The van der Waals surface area contributed by atoms with Crippen LogP contribution < -0.4 is 5.32 Å². The van der Waals surface area contributed by atoms with Crippen LogP contribution in [-0.2, 0) is 0 Å². The van der Waals surface area contributed by atoms with Crippen LogP contribution in [0.25, 0.3) is 0 Å². The molecule has 0 fully saturated rings. The van der Waals surface area contributed by atoms with Gasteiger partial charge in [-0.2, -0.15) is 0 Å². The monoisotopic (exact) mass is 284 g/mol. The lowest BCUT2D eigenvalue weighted by atomic mass is 10.1. The van der Waals surface area contributed by atoms with Gasteiger partial charge in [-0.15, -0.1) is 0 Å². The molecule has 0 aromatic carbocycles. The van der Waals surface area contributed by atoms with Crippen LogP contribution in [0.3, 0.4) is 0 Å². The molecule has 0 amide bonds. The Labute approximate surface area is 124 Å². The standard InChI is InChI=1S/C16H32N2S/c1-2-3-4-5-6-7-8-9-10-11-13-17-16-18-14-12-15-19-16/h2-15H2,1H3,(H,17,18). The minimum absolute atomic E-state index is 1.02. The zero-order valence-corrected chi connectivity index (χ0v) is 13.6. The molecule has 0 atom stereocenters. The average molecular weight is 285 g/mol. The van der Waals surface area contributed by atoms with E-state index < -0.39 is 0 Å². The smallest absolute Gasteiger partial charge is 0.156 e. The van der Waals surface area contributed by atoms with E-state index in [1.54, 1.807) is 0 Å². The number of nitrogens with one attached hydrogen (secondary N) is 1. The van der Waals surface area contributed by atoms with Crippen LogP contribution in [0, 0.1) is 0 Å². The molecule has 1 heterocycles. The molecule has 112 valence electrons. The number of amidine groups is 1. The van der Waals surface area contributed by atoms with Crippen LogP contribution in [0.15, 0.2) is 4.99 Å². The van der Waals surface area contributed by atoms with Gasteiger partial charge in [-0.05, 0) is 12.8 Å². The molecule has 1 N–H and O–H groups in total. The summed E-state index contributed by atoms with van der Waals surface area (Å²) in [5.41, 5.74) is 0. The Morgan fingerprint density at radius 2 is 1.58 bits per heavy atom. The minimum atomic E-state index is 1.02. The van der Waals surface area contributed by atoms with Gasteiger partial charge in [0.2, 0.25) is 0 Å². The van der Waals surface area contributed by atoms with Gasteiger partial charge in [-0.1, -0.05) is 76.5 Å². The molecule has 0 aromatic heterocycles. The Kier molecular flexibility index (Phi) is 11.4. The lowest BCUT2D eigenvalue weighted by Crippen LogP contribution is -2.24. The van der Waals surface area contributed by atoms with E-state index >= 15 is 0 Å². The van der Waals surface area contributed by atoms with Gasteiger partial charge in [0, 0.05) is 18.8 Å². The van der Waals surface area contributed by atoms with E-state index in [0.29, 0.717) is 0 Å². The van der Waals surface area contributed by atoms with E-state index in [2.05, 4.69) is 17.2 Å². The Bertz CT molecular complexity index is 229. The predicted molar refractivity (Wildman–Crippen MR) is 89.2 cm³/mol. The van der Waals surface area contributed by atoms with Crippen LogP contribution in [0.2, 0.25) is 0 Å². The van der Waals surface area contributed by atoms with E-state index in [-0.39, 0.29) is 0 Å². The number of aliphatic imine (C=N–C) groups is 1. The molecule has 0 bridgehead atoms. The third kappa shape index (κ3) is 10.3. The normalized spacial score (nSPS) is 15.3. The van der Waals surface area contributed by atoms with E-state index in [1.807, 2.05) is 11.8 Å². The highest BCUT2D eigenvalue weighted by atomic mass is 32.2. The number of unbranched alkanes of at least 4 members (excludes halogenated alkanes) is 9. The minimum Gasteiger partial charge on any atom is -0.365 e. The second-order valence-corrected chi connectivity index (χ2v) is 6.58. The molecule has 0 aliphatic carbocycles. The molecule has 0 spiro atoms. The number of hydrogen-bond acceptors (Lipinski definition) is 3. The predicted octanol–water partition coefficient (Wildman–Crippen LogP) is 4.99. The fourth-order valence-corrected chi connectivity index (χ4v) is 3.23. The Morgan fingerprint density at radius 1 is 0.947 bits per heavy atom. The second kappa shape index (κ2) is 12.8. The Balaban J connectivity index is 1.75.